The Morgan fingerprint density at radius 1 is 1.04 bits per heavy atom. The van der Waals surface area contributed by atoms with Crippen molar-refractivity contribution in [2.24, 2.45) is 0 Å². The molecule has 1 heterocycles. The average molecular weight is 349 g/mol. The van der Waals surface area contributed by atoms with Crippen molar-refractivity contribution >= 4 is 11.6 Å². The molecule has 132 valence electrons. The second-order valence-electron chi connectivity index (χ2n) is 5.69. The van der Waals surface area contributed by atoms with E-state index in [4.69, 9.17) is 9.47 Å². The van der Waals surface area contributed by atoms with E-state index >= 15 is 0 Å². The summed E-state index contributed by atoms with van der Waals surface area (Å²) in [4.78, 5) is 12.0. The number of carbonyl (C=O) groups excluding carboxylic acids is 1. The van der Waals surface area contributed by atoms with Crippen molar-refractivity contribution in [3.05, 3.63) is 66.2 Å². The number of hydrogen-bond acceptors (Lipinski definition) is 5. The molecule has 0 saturated carbocycles. The van der Waals surface area contributed by atoms with Crippen LogP contribution in [-0.2, 0) is 4.79 Å². The standard InChI is InChI=1S/C20H19N3O3/c1-14-4-3-5-17(12-14)26-13-19(24)21-16-8-6-15(7-9-16)18-10-11-20(25-2)23-22-18/h3-12H,13H2,1-2H3,(H,21,24). The van der Waals surface area contributed by atoms with Gasteiger partial charge in [-0.05, 0) is 42.8 Å². The number of benzene rings is 2. The van der Waals surface area contributed by atoms with Crippen LogP contribution in [0.3, 0.4) is 0 Å². The highest BCUT2D eigenvalue weighted by Gasteiger charge is 2.06. The molecular weight excluding hydrogens is 330 g/mol. The molecule has 6 nitrogen and oxygen atoms in total. The first-order chi connectivity index (χ1) is 12.6. The van der Waals surface area contributed by atoms with Crippen LogP contribution in [0.1, 0.15) is 5.56 Å². The van der Waals surface area contributed by atoms with E-state index in [2.05, 4.69) is 15.5 Å². The van der Waals surface area contributed by atoms with Gasteiger partial charge in [0.15, 0.2) is 6.61 Å². The van der Waals surface area contributed by atoms with Gasteiger partial charge >= 0.3 is 0 Å². The average Bonchev–Trinajstić information content (AvgIpc) is 2.67. The number of ether oxygens (including phenoxy) is 2. The van der Waals surface area contributed by atoms with Crippen molar-refractivity contribution in [1.82, 2.24) is 10.2 Å². The lowest BCUT2D eigenvalue weighted by atomic mass is 10.1. The molecule has 0 atom stereocenters. The molecule has 0 spiro atoms. The SMILES string of the molecule is COc1ccc(-c2ccc(NC(=O)COc3cccc(C)c3)cc2)nn1. The van der Waals surface area contributed by atoms with E-state index in [1.54, 1.807) is 13.2 Å². The molecule has 0 bridgehead atoms. The maximum absolute atomic E-state index is 12.0. The highest BCUT2D eigenvalue weighted by Crippen LogP contribution is 2.20. The van der Waals surface area contributed by atoms with Crippen molar-refractivity contribution in [3.63, 3.8) is 0 Å². The van der Waals surface area contributed by atoms with Gasteiger partial charge in [-0.25, -0.2) is 0 Å². The van der Waals surface area contributed by atoms with E-state index in [9.17, 15) is 4.79 Å². The number of amides is 1. The maximum Gasteiger partial charge on any atom is 0.262 e. The van der Waals surface area contributed by atoms with Crippen LogP contribution in [0, 0.1) is 6.92 Å². The smallest absolute Gasteiger partial charge is 0.262 e. The van der Waals surface area contributed by atoms with Gasteiger partial charge in [0.2, 0.25) is 5.88 Å². The molecule has 3 rings (SSSR count). The number of rotatable bonds is 6. The quantitative estimate of drug-likeness (QED) is 0.737. The van der Waals surface area contributed by atoms with Crippen LogP contribution in [0.15, 0.2) is 60.7 Å². The van der Waals surface area contributed by atoms with E-state index in [-0.39, 0.29) is 12.5 Å². The molecule has 0 radical (unpaired) electrons. The molecule has 1 N–H and O–H groups in total. The number of methoxy groups -OCH3 is 1. The molecule has 0 aliphatic rings. The predicted molar refractivity (Wildman–Crippen MR) is 99.3 cm³/mol. The fourth-order valence-corrected chi connectivity index (χ4v) is 2.36. The lowest BCUT2D eigenvalue weighted by Gasteiger charge is -2.08. The number of carbonyl (C=O) groups is 1. The summed E-state index contributed by atoms with van der Waals surface area (Å²) >= 11 is 0. The van der Waals surface area contributed by atoms with Crippen molar-refractivity contribution in [1.29, 1.82) is 0 Å². The molecule has 0 aliphatic carbocycles. The number of aryl methyl sites for hydroxylation is 1. The summed E-state index contributed by atoms with van der Waals surface area (Å²) in [7, 11) is 1.55. The molecule has 2 aromatic carbocycles. The Hall–Kier alpha value is -3.41. The largest absolute Gasteiger partial charge is 0.484 e. The lowest BCUT2D eigenvalue weighted by molar-refractivity contribution is -0.118. The number of aromatic nitrogens is 2. The summed E-state index contributed by atoms with van der Waals surface area (Å²) in [5.74, 6) is 0.920. The van der Waals surface area contributed by atoms with Gasteiger partial charge in [-0.3, -0.25) is 4.79 Å². The zero-order valence-electron chi connectivity index (χ0n) is 14.6. The summed E-state index contributed by atoms with van der Waals surface area (Å²) in [5.41, 5.74) is 3.40. The van der Waals surface area contributed by atoms with Crippen LogP contribution in [0.4, 0.5) is 5.69 Å². The van der Waals surface area contributed by atoms with E-state index in [1.165, 1.54) is 0 Å². The first-order valence-electron chi connectivity index (χ1n) is 8.11. The number of hydrogen-bond donors (Lipinski definition) is 1. The van der Waals surface area contributed by atoms with Gasteiger partial charge < -0.3 is 14.8 Å². The third-order valence-electron chi connectivity index (χ3n) is 3.67. The van der Waals surface area contributed by atoms with E-state index < -0.39 is 0 Å². The summed E-state index contributed by atoms with van der Waals surface area (Å²) < 4.78 is 10.5. The number of nitrogens with one attached hydrogen (secondary N) is 1. The third-order valence-corrected chi connectivity index (χ3v) is 3.67. The van der Waals surface area contributed by atoms with Crippen LogP contribution in [0.25, 0.3) is 11.3 Å². The zero-order valence-corrected chi connectivity index (χ0v) is 14.6. The van der Waals surface area contributed by atoms with Gasteiger partial charge in [-0.1, -0.05) is 24.3 Å². The minimum atomic E-state index is -0.219. The Balaban J connectivity index is 1.57. The molecule has 0 aliphatic heterocycles. The van der Waals surface area contributed by atoms with Crippen molar-refractivity contribution in [2.75, 3.05) is 19.0 Å². The first kappa shape index (κ1) is 17.4. The maximum atomic E-state index is 12.0. The van der Waals surface area contributed by atoms with Gasteiger partial charge in [-0.2, -0.15) is 0 Å². The number of nitrogens with zero attached hydrogens (tertiary/aromatic N) is 2. The first-order valence-corrected chi connectivity index (χ1v) is 8.11. The monoisotopic (exact) mass is 349 g/mol. The van der Waals surface area contributed by atoms with Gasteiger partial charge in [-0.15, -0.1) is 10.2 Å². The fourth-order valence-electron chi connectivity index (χ4n) is 2.36. The van der Waals surface area contributed by atoms with Crippen molar-refractivity contribution < 1.29 is 14.3 Å². The minimum Gasteiger partial charge on any atom is -0.484 e. The van der Waals surface area contributed by atoms with Gasteiger partial charge in [0.05, 0.1) is 12.8 Å². The molecule has 26 heavy (non-hydrogen) atoms. The Morgan fingerprint density at radius 2 is 1.85 bits per heavy atom. The van der Waals surface area contributed by atoms with Gasteiger partial charge in [0.25, 0.3) is 5.91 Å². The Morgan fingerprint density at radius 3 is 2.50 bits per heavy atom. The van der Waals surface area contributed by atoms with Crippen LogP contribution in [0.5, 0.6) is 11.6 Å². The Bertz CT molecular complexity index is 878. The van der Waals surface area contributed by atoms with E-state index in [0.717, 1.165) is 16.8 Å². The molecule has 1 aromatic heterocycles. The number of anilines is 1. The summed E-state index contributed by atoms with van der Waals surface area (Å²) in [6.07, 6.45) is 0. The zero-order chi connectivity index (χ0) is 18.4. The second kappa shape index (κ2) is 8.11. The molecule has 0 saturated heterocycles. The summed E-state index contributed by atoms with van der Waals surface area (Å²) in [5, 5.41) is 10.8. The van der Waals surface area contributed by atoms with Crippen LogP contribution < -0.4 is 14.8 Å². The minimum absolute atomic E-state index is 0.0465. The Kier molecular flexibility index (Phi) is 5.43. The van der Waals surface area contributed by atoms with Crippen LogP contribution in [-0.4, -0.2) is 29.8 Å². The molecule has 1 amide bonds. The molecule has 6 heteroatoms. The second-order valence-corrected chi connectivity index (χ2v) is 5.69. The topological polar surface area (TPSA) is 73.3 Å². The molecule has 3 aromatic rings. The van der Waals surface area contributed by atoms with E-state index in [1.807, 2.05) is 61.5 Å². The van der Waals surface area contributed by atoms with Gasteiger partial charge in [0, 0.05) is 17.3 Å². The predicted octanol–water partition coefficient (Wildman–Crippen LogP) is 3.48. The molecule has 0 fully saturated rings. The molecule has 0 unspecified atom stereocenters. The van der Waals surface area contributed by atoms with Gasteiger partial charge in [0.1, 0.15) is 5.75 Å². The van der Waals surface area contributed by atoms with E-state index in [0.29, 0.717) is 17.3 Å². The molecular formula is C20H19N3O3. The third kappa shape index (κ3) is 4.57. The fraction of sp³-hybridized carbons (Fsp3) is 0.150. The van der Waals surface area contributed by atoms with Crippen molar-refractivity contribution in [3.8, 4) is 22.9 Å². The van der Waals surface area contributed by atoms with Crippen LogP contribution in [0.2, 0.25) is 0 Å². The summed E-state index contributed by atoms with van der Waals surface area (Å²) in [6.45, 7) is 1.93. The highest BCUT2D eigenvalue weighted by atomic mass is 16.5. The normalized spacial score (nSPS) is 10.2. The highest BCUT2D eigenvalue weighted by molar-refractivity contribution is 5.92. The lowest BCUT2D eigenvalue weighted by Crippen LogP contribution is -2.20. The van der Waals surface area contributed by atoms with Crippen molar-refractivity contribution in [2.45, 2.75) is 6.92 Å². The Labute approximate surface area is 151 Å². The van der Waals surface area contributed by atoms with Crippen LogP contribution >= 0.6 is 0 Å². The summed E-state index contributed by atoms with van der Waals surface area (Å²) in [6, 6.07) is 18.5.